The second kappa shape index (κ2) is 3.30. The van der Waals surface area contributed by atoms with Crippen molar-refractivity contribution in [2.75, 3.05) is 12.8 Å². The average molecular weight is 182 g/mol. The number of rotatable bonds is 2. The van der Waals surface area contributed by atoms with E-state index in [-0.39, 0.29) is 17.3 Å². The zero-order valence-corrected chi connectivity index (χ0v) is 7.37. The Morgan fingerprint density at radius 3 is 2.77 bits per heavy atom. The first-order valence-electron chi connectivity index (χ1n) is 3.60. The van der Waals surface area contributed by atoms with Crippen LogP contribution in [0.15, 0.2) is 6.07 Å². The molecule has 0 aliphatic heterocycles. The quantitative estimate of drug-likeness (QED) is 0.702. The molecule has 3 N–H and O–H groups in total. The minimum absolute atomic E-state index is 0.144. The Bertz CT molecular complexity index is 349. The number of nitrogens with zero attached hydrogens (tertiary/aromatic N) is 1. The van der Waals surface area contributed by atoms with Gasteiger partial charge >= 0.3 is 5.97 Å². The van der Waals surface area contributed by atoms with E-state index in [4.69, 9.17) is 15.6 Å². The van der Waals surface area contributed by atoms with Crippen LogP contribution in [0, 0.1) is 6.92 Å². The smallest absolute Gasteiger partial charge is 0.356 e. The van der Waals surface area contributed by atoms with Crippen molar-refractivity contribution in [3.05, 3.63) is 17.3 Å². The van der Waals surface area contributed by atoms with Crippen LogP contribution in [0.5, 0.6) is 5.88 Å². The Hall–Kier alpha value is -1.78. The summed E-state index contributed by atoms with van der Waals surface area (Å²) in [6, 6.07) is 1.52. The van der Waals surface area contributed by atoms with E-state index in [1.165, 1.54) is 13.2 Å². The van der Waals surface area contributed by atoms with Crippen molar-refractivity contribution in [2.45, 2.75) is 6.92 Å². The van der Waals surface area contributed by atoms with Crippen molar-refractivity contribution in [1.82, 2.24) is 4.98 Å². The van der Waals surface area contributed by atoms with Gasteiger partial charge in [-0.15, -0.1) is 0 Å². The summed E-state index contributed by atoms with van der Waals surface area (Å²) < 4.78 is 4.86. The lowest BCUT2D eigenvalue weighted by Gasteiger charge is -2.06. The fourth-order valence-corrected chi connectivity index (χ4v) is 0.996. The second-order valence-electron chi connectivity index (χ2n) is 2.56. The van der Waals surface area contributed by atoms with E-state index in [0.717, 1.165) is 0 Å². The largest absolute Gasteiger partial charge is 0.481 e. The van der Waals surface area contributed by atoms with Gasteiger partial charge in [0.15, 0.2) is 5.69 Å². The number of aryl methyl sites for hydroxylation is 1. The van der Waals surface area contributed by atoms with E-state index in [0.29, 0.717) is 5.56 Å². The number of carboxylic acids is 1. The van der Waals surface area contributed by atoms with Gasteiger partial charge in [-0.05, 0) is 13.0 Å². The molecule has 0 saturated carbocycles. The third-order valence-corrected chi connectivity index (χ3v) is 1.59. The summed E-state index contributed by atoms with van der Waals surface area (Å²) >= 11 is 0. The maximum absolute atomic E-state index is 10.6. The molecular weight excluding hydrogens is 172 g/mol. The predicted octanol–water partition coefficient (Wildman–Crippen LogP) is 0.679. The Morgan fingerprint density at radius 1 is 1.69 bits per heavy atom. The summed E-state index contributed by atoms with van der Waals surface area (Å²) in [5, 5.41) is 8.68. The molecule has 70 valence electrons. The van der Waals surface area contributed by atoms with Gasteiger partial charge < -0.3 is 15.6 Å². The van der Waals surface area contributed by atoms with Crippen LogP contribution < -0.4 is 10.5 Å². The zero-order valence-electron chi connectivity index (χ0n) is 7.37. The number of carboxylic acid groups (broad SMARTS) is 1. The molecule has 0 aliphatic carbocycles. The zero-order chi connectivity index (χ0) is 10.0. The van der Waals surface area contributed by atoms with Crippen LogP contribution in [0.4, 0.5) is 5.69 Å². The van der Waals surface area contributed by atoms with Gasteiger partial charge in [0.05, 0.1) is 12.8 Å². The van der Waals surface area contributed by atoms with Crippen LogP contribution in [-0.2, 0) is 0 Å². The van der Waals surface area contributed by atoms with Crippen LogP contribution in [0.3, 0.4) is 0 Å². The monoisotopic (exact) mass is 182 g/mol. The van der Waals surface area contributed by atoms with E-state index in [2.05, 4.69) is 4.98 Å². The van der Waals surface area contributed by atoms with E-state index < -0.39 is 5.97 Å². The molecule has 1 aromatic rings. The molecule has 0 atom stereocenters. The number of pyridine rings is 1. The van der Waals surface area contributed by atoms with Crippen LogP contribution in [0.2, 0.25) is 0 Å². The van der Waals surface area contributed by atoms with Gasteiger partial charge in [0.2, 0.25) is 5.88 Å². The number of hydrogen-bond acceptors (Lipinski definition) is 4. The lowest BCUT2D eigenvalue weighted by Crippen LogP contribution is -2.07. The number of methoxy groups -OCH3 is 1. The standard InChI is InChI=1S/C8H10N2O3/c1-4-3-5(9)6(8(11)12)10-7(4)13-2/h3H,9H2,1-2H3,(H,11,12). The molecule has 5 heteroatoms. The number of aromatic nitrogens is 1. The highest BCUT2D eigenvalue weighted by Crippen LogP contribution is 2.19. The van der Waals surface area contributed by atoms with Gasteiger partial charge in [0.1, 0.15) is 0 Å². The van der Waals surface area contributed by atoms with Gasteiger partial charge in [0.25, 0.3) is 0 Å². The molecule has 5 nitrogen and oxygen atoms in total. The molecule has 0 amide bonds. The first-order chi connectivity index (χ1) is 6.06. The highest BCUT2D eigenvalue weighted by molar-refractivity contribution is 5.91. The number of anilines is 1. The number of nitrogens with two attached hydrogens (primary N) is 1. The fraction of sp³-hybridized carbons (Fsp3) is 0.250. The van der Waals surface area contributed by atoms with Gasteiger partial charge in [-0.2, -0.15) is 0 Å². The Kier molecular flexibility index (Phi) is 2.36. The highest BCUT2D eigenvalue weighted by atomic mass is 16.5. The Balaban J connectivity index is 3.30. The predicted molar refractivity (Wildman–Crippen MR) is 46.9 cm³/mol. The number of nitrogen functional groups attached to an aromatic ring is 1. The normalized spacial score (nSPS) is 9.69. The molecule has 0 unspecified atom stereocenters. The molecule has 0 spiro atoms. The molecule has 0 aromatic carbocycles. The van der Waals surface area contributed by atoms with Gasteiger partial charge in [-0.25, -0.2) is 9.78 Å². The summed E-state index contributed by atoms with van der Waals surface area (Å²) in [4.78, 5) is 14.3. The minimum Gasteiger partial charge on any atom is -0.481 e. The highest BCUT2D eigenvalue weighted by Gasteiger charge is 2.13. The fourth-order valence-electron chi connectivity index (χ4n) is 0.996. The molecule has 1 rings (SSSR count). The average Bonchev–Trinajstić information content (AvgIpc) is 2.03. The van der Waals surface area contributed by atoms with Crippen molar-refractivity contribution in [3.8, 4) is 5.88 Å². The molecule has 0 bridgehead atoms. The lowest BCUT2D eigenvalue weighted by molar-refractivity contribution is 0.0691. The first kappa shape index (κ1) is 9.31. The maximum Gasteiger partial charge on any atom is 0.356 e. The Labute approximate surface area is 75.2 Å². The van der Waals surface area contributed by atoms with Crippen LogP contribution >= 0.6 is 0 Å². The third-order valence-electron chi connectivity index (χ3n) is 1.59. The van der Waals surface area contributed by atoms with Crippen LogP contribution in [-0.4, -0.2) is 23.2 Å². The summed E-state index contributed by atoms with van der Waals surface area (Å²) in [5.74, 6) is -0.873. The number of carbonyl (C=O) groups is 1. The SMILES string of the molecule is COc1nc(C(=O)O)c(N)cc1C. The van der Waals surface area contributed by atoms with Crippen molar-refractivity contribution in [3.63, 3.8) is 0 Å². The second-order valence-corrected chi connectivity index (χ2v) is 2.56. The number of aromatic carboxylic acids is 1. The molecule has 0 radical (unpaired) electrons. The number of hydrogen-bond donors (Lipinski definition) is 2. The van der Waals surface area contributed by atoms with Gasteiger partial charge in [-0.1, -0.05) is 0 Å². The molecular formula is C8H10N2O3. The van der Waals surface area contributed by atoms with Crippen LogP contribution in [0.1, 0.15) is 16.1 Å². The Morgan fingerprint density at radius 2 is 2.31 bits per heavy atom. The summed E-state index contributed by atoms with van der Waals surface area (Å²) in [6.45, 7) is 1.74. The lowest BCUT2D eigenvalue weighted by atomic mass is 10.2. The van der Waals surface area contributed by atoms with Gasteiger partial charge in [0, 0.05) is 5.56 Å². The van der Waals surface area contributed by atoms with E-state index in [1.54, 1.807) is 6.92 Å². The molecule has 13 heavy (non-hydrogen) atoms. The molecule has 0 fully saturated rings. The van der Waals surface area contributed by atoms with Crippen molar-refractivity contribution >= 4 is 11.7 Å². The summed E-state index contributed by atoms with van der Waals surface area (Å²) in [5.41, 5.74) is 6.13. The summed E-state index contributed by atoms with van der Waals surface area (Å²) in [7, 11) is 1.43. The van der Waals surface area contributed by atoms with E-state index >= 15 is 0 Å². The topological polar surface area (TPSA) is 85.4 Å². The van der Waals surface area contributed by atoms with E-state index in [9.17, 15) is 4.79 Å². The molecule has 1 heterocycles. The number of ether oxygens (including phenoxy) is 1. The minimum atomic E-state index is -1.16. The summed E-state index contributed by atoms with van der Waals surface area (Å²) in [6.07, 6.45) is 0. The third kappa shape index (κ3) is 1.69. The van der Waals surface area contributed by atoms with Crippen molar-refractivity contribution < 1.29 is 14.6 Å². The van der Waals surface area contributed by atoms with E-state index in [1.807, 2.05) is 0 Å². The van der Waals surface area contributed by atoms with Crippen molar-refractivity contribution in [2.24, 2.45) is 0 Å². The molecule has 0 aliphatic rings. The molecule has 1 aromatic heterocycles. The first-order valence-corrected chi connectivity index (χ1v) is 3.60. The van der Waals surface area contributed by atoms with Crippen LogP contribution in [0.25, 0.3) is 0 Å². The van der Waals surface area contributed by atoms with Crippen molar-refractivity contribution in [1.29, 1.82) is 0 Å². The maximum atomic E-state index is 10.6. The van der Waals surface area contributed by atoms with Gasteiger partial charge in [-0.3, -0.25) is 0 Å². The molecule has 0 saturated heterocycles.